The summed E-state index contributed by atoms with van der Waals surface area (Å²) in [5.41, 5.74) is 0.244. The largest absolute Gasteiger partial charge is 0.377 e. The van der Waals surface area contributed by atoms with Crippen LogP contribution in [0.4, 0.5) is 20.2 Å². The van der Waals surface area contributed by atoms with E-state index in [4.69, 9.17) is 11.6 Å². The van der Waals surface area contributed by atoms with Crippen LogP contribution < -0.4 is 5.32 Å². The lowest BCUT2D eigenvalue weighted by Crippen LogP contribution is -2.10. The summed E-state index contributed by atoms with van der Waals surface area (Å²) in [5, 5.41) is 13.8. The second-order valence-corrected chi connectivity index (χ2v) is 4.84. The van der Waals surface area contributed by atoms with E-state index in [9.17, 15) is 18.9 Å². The third kappa shape index (κ3) is 3.28. The summed E-state index contributed by atoms with van der Waals surface area (Å²) >= 11 is 5.95. The van der Waals surface area contributed by atoms with Crippen molar-refractivity contribution < 1.29 is 13.7 Å². The molecule has 0 amide bonds. The third-order valence-corrected chi connectivity index (χ3v) is 3.31. The van der Waals surface area contributed by atoms with E-state index in [0.29, 0.717) is 0 Å². The standard InChI is InChI=1S/C14H11ClF2N2O2/c1-8(10-3-2-4-12(16)14(10)17)18-13-7-9(19(20)21)5-6-11(13)15/h2-8,18H,1H3. The number of hydrogen-bond donors (Lipinski definition) is 1. The highest BCUT2D eigenvalue weighted by Crippen LogP contribution is 2.30. The number of benzene rings is 2. The number of anilines is 1. The maximum atomic E-state index is 13.7. The van der Waals surface area contributed by atoms with Gasteiger partial charge in [-0.15, -0.1) is 0 Å². The van der Waals surface area contributed by atoms with E-state index in [1.54, 1.807) is 6.92 Å². The van der Waals surface area contributed by atoms with Crippen LogP contribution in [0, 0.1) is 21.7 Å². The minimum absolute atomic E-state index is 0.109. The van der Waals surface area contributed by atoms with Gasteiger partial charge >= 0.3 is 0 Å². The molecule has 0 radical (unpaired) electrons. The molecule has 2 aromatic carbocycles. The zero-order valence-electron chi connectivity index (χ0n) is 10.9. The van der Waals surface area contributed by atoms with Crippen LogP contribution in [0.15, 0.2) is 36.4 Å². The van der Waals surface area contributed by atoms with Crippen LogP contribution in [-0.2, 0) is 0 Å². The molecule has 0 saturated carbocycles. The quantitative estimate of drug-likeness (QED) is 0.657. The van der Waals surface area contributed by atoms with E-state index >= 15 is 0 Å². The van der Waals surface area contributed by atoms with Crippen molar-refractivity contribution in [2.45, 2.75) is 13.0 Å². The Labute approximate surface area is 124 Å². The van der Waals surface area contributed by atoms with Gasteiger partial charge < -0.3 is 5.32 Å². The summed E-state index contributed by atoms with van der Waals surface area (Å²) in [4.78, 5) is 10.2. The Morgan fingerprint density at radius 3 is 2.67 bits per heavy atom. The second kappa shape index (κ2) is 6.05. The van der Waals surface area contributed by atoms with Gasteiger partial charge in [0.2, 0.25) is 0 Å². The highest BCUT2D eigenvalue weighted by Gasteiger charge is 2.16. The van der Waals surface area contributed by atoms with Gasteiger partial charge in [-0.3, -0.25) is 10.1 Å². The van der Waals surface area contributed by atoms with Gasteiger partial charge in [0.25, 0.3) is 5.69 Å². The lowest BCUT2D eigenvalue weighted by Gasteiger charge is -2.17. The summed E-state index contributed by atoms with van der Waals surface area (Å²) in [6.07, 6.45) is 0. The van der Waals surface area contributed by atoms with Crippen molar-refractivity contribution in [1.29, 1.82) is 0 Å². The van der Waals surface area contributed by atoms with Crippen LogP contribution in [0.1, 0.15) is 18.5 Å². The van der Waals surface area contributed by atoms with Gasteiger partial charge in [-0.05, 0) is 19.1 Å². The number of nitrogens with one attached hydrogen (secondary N) is 1. The normalized spacial score (nSPS) is 12.0. The molecule has 21 heavy (non-hydrogen) atoms. The van der Waals surface area contributed by atoms with Crippen molar-refractivity contribution in [2.75, 3.05) is 5.32 Å². The van der Waals surface area contributed by atoms with Crippen molar-refractivity contribution >= 4 is 23.0 Å². The summed E-state index contributed by atoms with van der Waals surface area (Å²) in [5.74, 6) is -1.91. The van der Waals surface area contributed by atoms with Crippen molar-refractivity contribution in [3.63, 3.8) is 0 Å². The maximum Gasteiger partial charge on any atom is 0.271 e. The molecule has 0 aromatic heterocycles. The molecule has 0 heterocycles. The van der Waals surface area contributed by atoms with Gasteiger partial charge in [0.1, 0.15) is 0 Å². The summed E-state index contributed by atoms with van der Waals surface area (Å²) in [6.45, 7) is 1.60. The average Bonchev–Trinajstić information content (AvgIpc) is 2.43. The molecule has 0 aliphatic carbocycles. The zero-order valence-corrected chi connectivity index (χ0v) is 11.7. The molecular weight excluding hydrogens is 302 g/mol. The fourth-order valence-corrected chi connectivity index (χ4v) is 2.08. The highest BCUT2D eigenvalue weighted by atomic mass is 35.5. The Morgan fingerprint density at radius 2 is 2.00 bits per heavy atom. The molecule has 0 saturated heterocycles. The molecule has 4 nitrogen and oxygen atoms in total. The Balaban J connectivity index is 2.31. The lowest BCUT2D eigenvalue weighted by atomic mass is 10.1. The van der Waals surface area contributed by atoms with E-state index < -0.39 is 22.6 Å². The van der Waals surface area contributed by atoms with E-state index in [1.807, 2.05) is 0 Å². The first-order valence-corrected chi connectivity index (χ1v) is 6.42. The highest BCUT2D eigenvalue weighted by molar-refractivity contribution is 6.33. The van der Waals surface area contributed by atoms with Crippen molar-refractivity contribution in [3.05, 3.63) is 68.7 Å². The first-order chi connectivity index (χ1) is 9.90. The molecule has 0 aliphatic rings. The number of rotatable bonds is 4. The Kier molecular flexibility index (Phi) is 4.37. The number of nitro groups is 1. The number of hydrogen-bond acceptors (Lipinski definition) is 3. The van der Waals surface area contributed by atoms with Gasteiger partial charge in [0, 0.05) is 17.7 Å². The fourth-order valence-electron chi connectivity index (χ4n) is 1.90. The molecule has 1 unspecified atom stereocenters. The Hall–Kier alpha value is -2.21. The van der Waals surface area contributed by atoms with Crippen LogP contribution in [0.3, 0.4) is 0 Å². The van der Waals surface area contributed by atoms with Gasteiger partial charge in [-0.1, -0.05) is 23.7 Å². The van der Waals surface area contributed by atoms with Gasteiger partial charge in [-0.2, -0.15) is 0 Å². The van der Waals surface area contributed by atoms with Crippen molar-refractivity contribution in [2.24, 2.45) is 0 Å². The molecule has 0 bridgehead atoms. The van der Waals surface area contributed by atoms with E-state index in [-0.39, 0.29) is 22.0 Å². The summed E-state index contributed by atoms with van der Waals surface area (Å²) in [6, 6.07) is 7.11. The lowest BCUT2D eigenvalue weighted by molar-refractivity contribution is -0.384. The molecule has 1 atom stereocenters. The zero-order chi connectivity index (χ0) is 15.6. The summed E-state index contributed by atoms with van der Waals surface area (Å²) < 4.78 is 26.9. The Morgan fingerprint density at radius 1 is 1.29 bits per heavy atom. The van der Waals surface area contributed by atoms with Crippen molar-refractivity contribution in [1.82, 2.24) is 0 Å². The third-order valence-electron chi connectivity index (χ3n) is 2.98. The molecular formula is C14H11ClF2N2O2. The minimum atomic E-state index is -0.959. The van der Waals surface area contributed by atoms with Gasteiger partial charge in [-0.25, -0.2) is 8.78 Å². The topological polar surface area (TPSA) is 55.2 Å². The van der Waals surface area contributed by atoms with Crippen LogP contribution >= 0.6 is 11.6 Å². The van der Waals surface area contributed by atoms with E-state index in [2.05, 4.69) is 5.32 Å². The van der Waals surface area contributed by atoms with Crippen LogP contribution in [0.2, 0.25) is 5.02 Å². The fraction of sp³-hybridized carbons (Fsp3) is 0.143. The van der Waals surface area contributed by atoms with Crippen LogP contribution in [-0.4, -0.2) is 4.92 Å². The number of halogens is 3. The number of nitro benzene ring substituents is 1. The summed E-state index contributed by atoms with van der Waals surface area (Å²) in [7, 11) is 0. The number of nitrogens with zero attached hydrogens (tertiary/aromatic N) is 1. The second-order valence-electron chi connectivity index (χ2n) is 4.43. The minimum Gasteiger partial charge on any atom is -0.377 e. The number of non-ortho nitro benzene ring substituents is 1. The monoisotopic (exact) mass is 312 g/mol. The first kappa shape index (κ1) is 15.2. The predicted octanol–water partition coefficient (Wildman–Crippen LogP) is 4.70. The van der Waals surface area contributed by atoms with Gasteiger partial charge in [0.15, 0.2) is 11.6 Å². The van der Waals surface area contributed by atoms with Crippen molar-refractivity contribution in [3.8, 4) is 0 Å². The predicted molar refractivity (Wildman–Crippen MR) is 76.5 cm³/mol. The first-order valence-electron chi connectivity index (χ1n) is 6.04. The maximum absolute atomic E-state index is 13.7. The van der Waals surface area contributed by atoms with Crippen LogP contribution in [0.5, 0.6) is 0 Å². The molecule has 0 aliphatic heterocycles. The average molecular weight is 313 g/mol. The molecule has 2 aromatic rings. The Bertz CT molecular complexity index is 695. The molecule has 110 valence electrons. The molecule has 7 heteroatoms. The molecule has 0 spiro atoms. The molecule has 2 rings (SSSR count). The van der Waals surface area contributed by atoms with Gasteiger partial charge in [0.05, 0.1) is 21.7 Å². The van der Waals surface area contributed by atoms with E-state index in [1.165, 1.54) is 30.3 Å². The smallest absolute Gasteiger partial charge is 0.271 e. The van der Waals surface area contributed by atoms with E-state index in [0.717, 1.165) is 6.07 Å². The molecule has 1 N–H and O–H groups in total. The van der Waals surface area contributed by atoms with Crippen LogP contribution in [0.25, 0.3) is 0 Å². The SMILES string of the molecule is CC(Nc1cc([N+](=O)[O-])ccc1Cl)c1cccc(F)c1F. The molecule has 0 fully saturated rings.